The summed E-state index contributed by atoms with van der Waals surface area (Å²) >= 11 is 0. The van der Waals surface area contributed by atoms with Gasteiger partial charge in [-0.3, -0.25) is 9.89 Å². The van der Waals surface area contributed by atoms with Crippen LogP contribution >= 0.6 is 0 Å². The summed E-state index contributed by atoms with van der Waals surface area (Å²) in [6.07, 6.45) is 1.65. The summed E-state index contributed by atoms with van der Waals surface area (Å²) in [6.45, 7) is 2.38. The monoisotopic (exact) mass is 402 g/mol. The Morgan fingerprint density at radius 3 is 2.80 bits per heavy atom. The minimum atomic E-state index is -0.385. The van der Waals surface area contributed by atoms with Gasteiger partial charge in [-0.2, -0.15) is 5.10 Å². The molecule has 0 fully saturated rings. The van der Waals surface area contributed by atoms with Gasteiger partial charge in [-0.05, 0) is 61.0 Å². The maximum absolute atomic E-state index is 13.1. The number of halogens is 1. The van der Waals surface area contributed by atoms with Crippen LogP contribution in [0, 0.1) is 5.82 Å². The molecule has 0 unspecified atom stereocenters. The number of hydrogen-bond donors (Lipinski definition) is 2. The molecule has 1 aromatic heterocycles. The molecular formula is C23H19FN4O2. The van der Waals surface area contributed by atoms with Gasteiger partial charge in [-0.15, -0.1) is 0 Å². The summed E-state index contributed by atoms with van der Waals surface area (Å²) in [5, 5.41) is 15.1. The molecule has 0 spiro atoms. The highest BCUT2D eigenvalue weighted by atomic mass is 19.1. The molecule has 150 valence electrons. The number of amides is 1. The van der Waals surface area contributed by atoms with E-state index in [2.05, 4.69) is 20.7 Å². The summed E-state index contributed by atoms with van der Waals surface area (Å²) in [6, 6.07) is 18.6. The fraction of sp³-hybridized carbons (Fsp3) is 0.0870. The van der Waals surface area contributed by atoms with E-state index in [0.717, 1.165) is 27.7 Å². The lowest BCUT2D eigenvalue weighted by Crippen LogP contribution is -2.11. The van der Waals surface area contributed by atoms with Crippen molar-refractivity contribution in [2.45, 2.75) is 6.92 Å². The van der Waals surface area contributed by atoms with E-state index in [1.807, 2.05) is 43.3 Å². The van der Waals surface area contributed by atoms with Crippen LogP contribution in [-0.2, 0) is 4.84 Å². The fourth-order valence-corrected chi connectivity index (χ4v) is 3.05. The number of anilines is 1. The van der Waals surface area contributed by atoms with Crippen LogP contribution in [0.5, 0.6) is 0 Å². The lowest BCUT2D eigenvalue weighted by atomic mass is 10.1. The average molecular weight is 402 g/mol. The number of nitrogens with one attached hydrogen (secondary N) is 2. The number of carbonyl (C=O) groups excluding carboxylic acids is 1. The Morgan fingerprint density at radius 1 is 1.17 bits per heavy atom. The SMILES string of the molecule is CCON=Cc1ccc2[nH]nc(-c3cccc(NC(=O)c4ccc(F)cc4)c3)c2c1. The fourth-order valence-electron chi connectivity index (χ4n) is 3.05. The van der Waals surface area contributed by atoms with E-state index in [0.29, 0.717) is 17.9 Å². The van der Waals surface area contributed by atoms with Crippen molar-refractivity contribution in [3.63, 3.8) is 0 Å². The predicted octanol–water partition coefficient (Wildman–Crippen LogP) is 4.99. The number of carbonyl (C=O) groups is 1. The molecule has 0 aliphatic carbocycles. The van der Waals surface area contributed by atoms with Crippen LogP contribution in [0.1, 0.15) is 22.8 Å². The van der Waals surface area contributed by atoms with Crippen molar-refractivity contribution in [2.24, 2.45) is 5.16 Å². The Labute approximate surface area is 172 Å². The van der Waals surface area contributed by atoms with E-state index in [1.54, 1.807) is 12.3 Å². The van der Waals surface area contributed by atoms with Crippen LogP contribution in [-0.4, -0.2) is 28.9 Å². The van der Waals surface area contributed by atoms with Gasteiger partial charge in [0.05, 0.1) is 17.4 Å². The average Bonchev–Trinajstić information content (AvgIpc) is 3.18. The first-order valence-electron chi connectivity index (χ1n) is 9.45. The molecular weight excluding hydrogens is 383 g/mol. The lowest BCUT2D eigenvalue weighted by molar-refractivity contribution is 0.102. The normalized spacial score (nSPS) is 11.1. The molecule has 2 N–H and O–H groups in total. The predicted molar refractivity (Wildman–Crippen MR) is 115 cm³/mol. The summed E-state index contributed by atoms with van der Waals surface area (Å²) in [4.78, 5) is 17.5. The molecule has 0 aliphatic heterocycles. The first-order valence-corrected chi connectivity index (χ1v) is 9.45. The van der Waals surface area contributed by atoms with E-state index in [4.69, 9.17) is 4.84 Å². The number of aromatic amines is 1. The van der Waals surface area contributed by atoms with Gasteiger partial charge in [0.25, 0.3) is 5.91 Å². The molecule has 1 amide bonds. The van der Waals surface area contributed by atoms with Crippen molar-refractivity contribution >= 4 is 28.7 Å². The maximum Gasteiger partial charge on any atom is 0.255 e. The van der Waals surface area contributed by atoms with Crippen molar-refractivity contribution in [1.29, 1.82) is 0 Å². The number of aromatic nitrogens is 2. The van der Waals surface area contributed by atoms with Crippen molar-refractivity contribution < 1.29 is 14.0 Å². The van der Waals surface area contributed by atoms with Gasteiger partial charge in [0.2, 0.25) is 0 Å². The van der Waals surface area contributed by atoms with Crippen molar-refractivity contribution in [3.8, 4) is 11.3 Å². The van der Waals surface area contributed by atoms with Crippen molar-refractivity contribution in [2.75, 3.05) is 11.9 Å². The zero-order chi connectivity index (χ0) is 20.9. The number of fused-ring (bicyclic) bond motifs is 1. The molecule has 0 bridgehead atoms. The minimum Gasteiger partial charge on any atom is -0.396 e. The number of oxime groups is 1. The summed E-state index contributed by atoms with van der Waals surface area (Å²) in [5.74, 6) is -0.696. The second kappa shape index (κ2) is 8.57. The van der Waals surface area contributed by atoms with E-state index in [9.17, 15) is 9.18 Å². The molecule has 0 radical (unpaired) electrons. The van der Waals surface area contributed by atoms with E-state index >= 15 is 0 Å². The van der Waals surface area contributed by atoms with Crippen LogP contribution in [0.2, 0.25) is 0 Å². The molecule has 6 nitrogen and oxygen atoms in total. The summed E-state index contributed by atoms with van der Waals surface area (Å²) in [5.41, 5.74) is 4.38. The Balaban J connectivity index is 1.61. The Bertz CT molecular complexity index is 1220. The van der Waals surface area contributed by atoms with Gasteiger partial charge >= 0.3 is 0 Å². The standard InChI is InChI=1S/C23H19FN4O2/c1-2-30-25-14-15-6-11-21-20(12-15)22(28-27-21)17-4-3-5-19(13-17)26-23(29)16-7-9-18(24)10-8-16/h3-14H,2H2,1H3,(H,26,29)(H,27,28). The van der Waals surface area contributed by atoms with Crippen LogP contribution in [0.4, 0.5) is 10.1 Å². The van der Waals surface area contributed by atoms with Crippen LogP contribution in [0.15, 0.2) is 71.9 Å². The molecule has 1 heterocycles. The highest BCUT2D eigenvalue weighted by Gasteiger charge is 2.11. The summed E-state index contributed by atoms with van der Waals surface area (Å²) < 4.78 is 13.1. The maximum atomic E-state index is 13.1. The Kier molecular flexibility index (Phi) is 5.52. The smallest absolute Gasteiger partial charge is 0.255 e. The quantitative estimate of drug-likeness (QED) is 0.352. The van der Waals surface area contributed by atoms with Gasteiger partial charge in [-0.25, -0.2) is 4.39 Å². The second-order valence-electron chi connectivity index (χ2n) is 6.57. The molecule has 4 rings (SSSR count). The zero-order valence-electron chi connectivity index (χ0n) is 16.2. The molecule has 0 saturated carbocycles. The minimum absolute atomic E-state index is 0.312. The number of H-pyrrole nitrogens is 1. The number of benzene rings is 3. The second-order valence-corrected chi connectivity index (χ2v) is 6.57. The topological polar surface area (TPSA) is 79.4 Å². The highest BCUT2D eigenvalue weighted by Crippen LogP contribution is 2.28. The molecule has 7 heteroatoms. The third-order valence-electron chi connectivity index (χ3n) is 4.49. The van der Waals surface area contributed by atoms with Crippen LogP contribution in [0.25, 0.3) is 22.2 Å². The van der Waals surface area contributed by atoms with E-state index in [1.165, 1.54) is 24.3 Å². The molecule has 0 aliphatic rings. The number of hydrogen-bond acceptors (Lipinski definition) is 4. The van der Waals surface area contributed by atoms with Gasteiger partial charge in [0.1, 0.15) is 12.4 Å². The van der Waals surface area contributed by atoms with Crippen molar-refractivity contribution in [1.82, 2.24) is 10.2 Å². The summed E-state index contributed by atoms with van der Waals surface area (Å²) in [7, 11) is 0. The Hall–Kier alpha value is -4.00. The third-order valence-corrected chi connectivity index (χ3v) is 4.49. The van der Waals surface area contributed by atoms with Gasteiger partial charge in [0.15, 0.2) is 0 Å². The molecule has 30 heavy (non-hydrogen) atoms. The van der Waals surface area contributed by atoms with Crippen molar-refractivity contribution in [3.05, 3.63) is 83.7 Å². The van der Waals surface area contributed by atoms with E-state index in [-0.39, 0.29) is 11.7 Å². The Morgan fingerprint density at radius 2 is 2.00 bits per heavy atom. The zero-order valence-corrected chi connectivity index (χ0v) is 16.2. The van der Waals surface area contributed by atoms with Gasteiger partial charge in [-0.1, -0.05) is 23.4 Å². The molecule has 4 aromatic rings. The first kappa shape index (κ1) is 19.3. The first-order chi connectivity index (χ1) is 14.6. The molecule has 0 saturated heterocycles. The van der Waals surface area contributed by atoms with Crippen LogP contribution in [0.3, 0.4) is 0 Å². The largest absolute Gasteiger partial charge is 0.396 e. The molecule has 0 atom stereocenters. The van der Waals surface area contributed by atoms with Gasteiger partial charge in [0, 0.05) is 22.2 Å². The third kappa shape index (κ3) is 4.20. The van der Waals surface area contributed by atoms with E-state index < -0.39 is 0 Å². The number of nitrogens with zero attached hydrogens (tertiary/aromatic N) is 2. The van der Waals surface area contributed by atoms with Gasteiger partial charge < -0.3 is 10.2 Å². The highest BCUT2D eigenvalue weighted by molar-refractivity contribution is 6.05. The molecule has 3 aromatic carbocycles. The van der Waals surface area contributed by atoms with Crippen LogP contribution < -0.4 is 5.32 Å². The lowest BCUT2D eigenvalue weighted by Gasteiger charge is -2.07. The number of rotatable bonds is 6.